The van der Waals surface area contributed by atoms with Crippen molar-refractivity contribution >= 4 is 11.3 Å². The molecule has 134 valence electrons. The summed E-state index contributed by atoms with van der Waals surface area (Å²) < 4.78 is 5.99. The van der Waals surface area contributed by atoms with Gasteiger partial charge in [0.2, 0.25) is 0 Å². The van der Waals surface area contributed by atoms with Crippen molar-refractivity contribution in [3.05, 3.63) is 57.8 Å². The summed E-state index contributed by atoms with van der Waals surface area (Å²) in [4.78, 5) is 8.15. The Morgan fingerprint density at radius 3 is 2.32 bits per heavy atom. The molecule has 0 saturated carbocycles. The second-order valence-electron chi connectivity index (χ2n) is 7.21. The van der Waals surface area contributed by atoms with Gasteiger partial charge >= 0.3 is 0 Å². The first-order valence-corrected chi connectivity index (χ1v) is 10.4. The first kappa shape index (κ1) is 17.2. The fourth-order valence-corrected chi connectivity index (χ4v) is 4.97. The number of morpholine rings is 1. The quantitative estimate of drug-likeness (QED) is 0.794. The Morgan fingerprint density at radius 1 is 0.840 bits per heavy atom. The topological polar surface area (TPSA) is 15.7 Å². The summed E-state index contributed by atoms with van der Waals surface area (Å²) in [6, 6.07) is 15.3. The first-order chi connectivity index (χ1) is 12.4. The van der Waals surface area contributed by atoms with E-state index in [-0.39, 0.29) is 6.10 Å². The van der Waals surface area contributed by atoms with E-state index in [2.05, 4.69) is 52.3 Å². The second kappa shape index (κ2) is 8.45. The van der Waals surface area contributed by atoms with Gasteiger partial charge in [-0.15, -0.1) is 11.3 Å². The van der Waals surface area contributed by atoms with Gasteiger partial charge in [-0.05, 0) is 43.6 Å². The fraction of sp³-hybridized carbons (Fsp3) is 0.524. The van der Waals surface area contributed by atoms with Crippen LogP contribution in [0, 0.1) is 0 Å². The van der Waals surface area contributed by atoms with Crippen molar-refractivity contribution in [2.24, 2.45) is 0 Å². The Bertz CT molecular complexity index is 651. The van der Waals surface area contributed by atoms with Crippen molar-refractivity contribution in [3.63, 3.8) is 0 Å². The zero-order valence-electron chi connectivity index (χ0n) is 14.9. The van der Waals surface area contributed by atoms with Crippen LogP contribution in [-0.4, -0.2) is 42.6 Å². The number of likely N-dealkylation sites (tertiary alicyclic amines) is 1. The molecule has 1 atom stereocenters. The molecule has 0 aliphatic carbocycles. The van der Waals surface area contributed by atoms with Crippen molar-refractivity contribution in [2.45, 2.75) is 38.5 Å². The lowest BCUT2D eigenvalue weighted by molar-refractivity contribution is -0.0326. The van der Waals surface area contributed by atoms with Crippen LogP contribution in [0.3, 0.4) is 0 Å². The molecule has 1 aromatic heterocycles. The fourth-order valence-electron chi connectivity index (χ4n) is 3.87. The van der Waals surface area contributed by atoms with Crippen LogP contribution >= 0.6 is 11.3 Å². The summed E-state index contributed by atoms with van der Waals surface area (Å²) in [7, 11) is 0. The number of piperidine rings is 1. The molecule has 4 heteroatoms. The summed E-state index contributed by atoms with van der Waals surface area (Å²) in [5.74, 6) is 0. The van der Waals surface area contributed by atoms with Crippen molar-refractivity contribution in [1.82, 2.24) is 9.80 Å². The van der Waals surface area contributed by atoms with Crippen molar-refractivity contribution in [2.75, 3.05) is 32.8 Å². The lowest BCUT2D eigenvalue weighted by Crippen LogP contribution is -2.37. The normalized spacial score (nSPS) is 23.0. The van der Waals surface area contributed by atoms with Gasteiger partial charge in [-0.2, -0.15) is 0 Å². The monoisotopic (exact) mass is 356 g/mol. The summed E-state index contributed by atoms with van der Waals surface area (Å²) in [6.45, 7) is 7.58. The number of hydrogen-bond acceptors (Lipinski definition) is 4. The van der Waals surface area contributed by atoms with Gasteiger partial charge < -0.3 is 4.74 Å². The maximum Gasteiger partial charge on any atom is 0.0952 e. The zero-order valence-corrected chi connectivity index (χ0v) is 15.7. The standard InChI is InChI=1S/C21H28N2OS/c1-3-7-18(8-4-1)21-17-23(13-14-24-21)16-20-10-9-19(25-20)15-22-11-5-2-6-12-22/h1,3-4,7-10,21H,2,5-6,11-17H2. The van der Waals surface area contributed by atoms with Gasteiger partial charge in [-0.1, -0.05) is 36.8 Å². The van der Waals surface area contributed by atoms with Crippen LogP contribution in [0.1, 0.15) is 40.7 Å². The van der Waals surface area contributed by atoms with E-state index in [4.69, 9.17) is 4.74 Å². The predicted octanol–water partition coefficient (Wildman–Crippen LogP) is 4.31. The molecule has 2 aliphatic heterocycles. The van der Waals surface area contributed by atoms with E-state index in [1.54, 1.807) is 0 Å². The van der Waals surface area contributed by atoms with Gasteiger partial charge in [0.05, 0.1) is 12.7 Å². The van der Waals surface area contributed by atoms with E-state index in [9.17, 15) is 0 Å². The maximum atomic E-state index is 5.99. The van der Waals surface area contributed by atoms with Crippen LogP contribution in [0.15, 0.2) is 42.5 Å². The summed E-state index contributed by atoms with van der Waals surface area (Å²) >= 11 is 1.99. The molecule has 4 rings (SSSR count). The molecule has 0 radical (unpaired) electrons. The maximum absolute atomic E-state index is 5.99. The summed E-state index contributed by atoms with van der Waals surface area (Å²) in [5.41, 5.74) is 1.30. The van der Waals surface area contributed by atoms with Gasteiger partial charge in [0.25, 0.3) is 0 Å². The van der Waals surface area contributed by atoms with E-state index in [0.29, 0.717) is 0 Å². The van der Waals surface area contributed by atoms with E-state index >= 15 is 0 Å². The highest BCUT2D eigenvalue weighted by Gasteiger charge is 2.22. The van der Waals surface area contributed by atoms with Crippen LogP contribution in [-0.2, 0) is 17.8 Å². The third-order valence-corrected chi connectivity index (χ3v) is 6.30. The van der Waals surface area contributed by atoms with Gasteiger partial charge in [-0.3, -0.25) is 9.80 Å². The highest BCUT2D eigenvalue weighted by Crippen LogP contribution is 2.26. The molecule has 0 spiro atoms. The molecule has 1 unspecified atom stereocenters. The molecule has 0 bridgehead atoms. The number of ether oxygens (including phenoxy) is 1. The Balaban J connectivity index is 1.32. The number of thiophene rings is 1. The highest BCUT2D eigenvalue weighted by atomic mass is 32.1. The van der Waals surface area contributed by atoms with E-state index in [1.807, 2.05) is 11.3 Å². The zero-order chi connectivity index (χ0) is 16.9. The van der Waals surface area contributed by atoms with Crippen LogP contribution in [0.4, 0.5) is 0 Å². The van der Waals surface area contributed by atoms with E-state index in [0.717, 1.165) is 32.8 Å². The van der Waals surface area contributed by atoms with Crippen molar-refractivity contribution in [1.29, 1.82) is 0 Å². The Kier molecular flexibility index (Phi) is 5.83. The van der Waals surface area contributed by atoms with E-state index < -0.39 is 0 Å². The molecular formula is C21H28N2OS. The number of hydrogen-bond donors (Lipinski definition) is 0. The predicted molar refractivity (Wildman–Crippen MR) is 104 cm³/mol. The van der Waals surface area contributed by atoms with Crippen LogP contribution in [0.2, 0.25) is 0 Å². The molecule has 25 heavy (non-hydrogen) atoms. The minimum atomic E-state index is 0.211. The molecule has 2 fully saturated rings. The Morgan fingerprint density at radius 2 is 1.56 bits per heavy atom. The Labute approximate surface area is 155 Å². The molecule has 2 saturated heterocycles. The van der Waals surface area contributed by atoms with Crippen molar-refractivity contribution in [3.8, 4) is 0 Å². The molecule has 2 aliphatic rings. The SMILES string of the molecule is c1ccc(C2CN(Cc3ccc(CN4CCCCC4)s3)CCO2)cc1. The van der Waals surface area contributed by atoms with Crippen LogP contribution in [0.25, 0.3) is 0 Å². The first-order valence-electron chi connectivity index (χ1n) is 9.56. The van der Waals surface area contributed by atoms with Crippen LogP contribution < -0.4 is 0 Å². The highest BCUT2D eigenvalue weighted by molar-refractivity contribution is 7.11. The molecule has 0 N–H and O–H groups in total. The molecule has 3 heterocycles. The smallest absolute Gasteiger partial charge is 0.0952 e. The molecule has 3 nitrogen and oxygen atoms in total. The lowest BCUT2D eigenvalue weighted by Gasteiger charge is -2.32. The average molecular weight is 357 g/mol. The number of nitrogens with zero attached hydrogens (tertiary/aromatic N) is 2. The van der Waals surface area contributed by atoms with Crippen molar-refractivity contribution < 1.29 is 4.74 Å². The van der Waals surface area contributed by atoms with Gasteiger partial charge in [0, 0.05) is 35.9 Å². The molecule has 0 amide bonds. The average Bonchev–Trinajstić information content (AvgIpc) is 3.10. The third-order valence-electron chi connectivity index (χ3n) is 5.25. The Hall–Kier alpha value is -1.20. The lowest BCUT2D eigenvalue weighted by atomic mass is 10.1. The molecule has 1 aromatic carbocycles. The van der Waals surface area contributed by atoms with Crippen LogP contribution in [0.5, 0.6) is 0 Å². The summed E-state index contributed by atoms with van der Waals surface area (Å²) in [6.07, 6.45) is 4.36. The largest absolute Gasteiger partial charge is 0.371 e. The van der Waals surface area contributed by atoms with Gasteiger partial charge in [0.1, 0.15) is 0 Å². The van der Waals surface area contributed by atoms with Gasteiger partial charge in [0.15, 0.2) is 0 Å². The third kappa shape index (κ3) is 4.70. The second-order valence-corrected chi connectivity index (χ2v) is 8.46. The van der Waals surface area contributed by atoms with Gasteiger partial charge in [-0.25, -0.2) is 0 Å². The minimum Gasteiger partial charge on any atom is -0.371 e. The number of benzene rings is 1. The van der Waals surface area contributed by atoms with E-state index in [1.165, 1.54) is 47.7 Å². The summed E-state index contributed by atoms with van der Waals surface area (Å²) in [5, 5.41) is 0. The molecular weight excluding hydrogens is 328 g/mol. The number of rotatable bonds is 5. The minimum absolute atomic E-state index is 0.211. The molecule has 2 aromatic rings.